The van der Waals surface area contributed by atoms with Gasteiger partial charge in [0.25, 0.3) is 0 Å². The van der Waals surface area contributed by atoms with Gasteiger partial charge < -0.3 is 0 Å². The van der Waals surface area contributed by atoms with Crippen molar-refractivity contribution in [2.24, 2.45) is 0 Å². The number of aryl methyl sites for hydroxylation is 1. The van der Waals surface area contributed by atoms with E-state index in [0.717, 1.165) is 14.2 Å². The second-order valence-corrected chi connectivity index (χ2v) is 8.48. The Hall–Kier alpha value is -1.20. The van der Waals surface area contributed by atoms with Crippen molar-refractivity contribution in [2.75, 3.05) is 0 Å². The second kappa shape index (κ2) is 6.06. The molecule has 2 aromatic rings. The summed E-state index contributed by atoms with van der Waals surface area (Å²) in [5.41, 5.74) is 1.36. The fraction of sp³-hybridized carbons (Fsp3) is 0.154. The summed E-state index contributed by atoms with van der Waals surface area (Å²) in [6.07, 6.45) is 0. The van der Waals surface area contributed by atoms with E-state index in [1.165, 1.54) is 11.3 Å². The van der Waals surface area contributed by atoms with Crippen LogP contribution in [0.4, 0.5) is 0 Å². The maximum absolute atomic E-state index is 12.2. The number of nitriles is 1. The summed E-state index contributed by atoms with van der Waals surface area (Å²) in [6.45, 7) is 1.96. The molecule has 1 heterocycles. The average molecular weight is 371 g/mol. The fourth-order valence-electron chi connectivity index (χ4n) is 1.65. The molecule has 20 heavy (non-hydrogen) atoms. The van der Waals surface area contributed by atoms with Crippen LogP contribution in [0.25, 0.3) is 0 Å². The lowest BCUT2D eigenvalue weighted by atomic mass is 10.1. The van der Waals surface area contributed by atoms with E-state index in [0.29, 0.717) is 10.5 Å². The van der Waals surface area contributed by atoms with Gasteiger partial charge in [-0.3, -0.25) is 0 Å². The van der Waals surface area contributed by atoms with Crippen LogP contribution in [0.1, 0.15) is 16.0 Å². The summed E-state index contributed by atoms with van der Waals surface area (Å²) in [6, 6.07) is 10.4. The number of benzene rings is 1. The third kappa shape index (κ3) is 3.46. The lowest BCUT2D eigenvalue weighted by Crippen LogP contribution is -2.23. The Morgan fingerprint density at radius 1 is 1.35 bits per heavy atom. The van der Waals surface area contributed by atoms with Crippen LogP contribution in [0.2, 0.25) is 0 Å². The Kier molecular flexibility index (Phi) is 4.60. The molecule has 2 rings (SSSR count). The maximum Gasteiger partial charge on any atom is 0.242 e. The number of thiophene rings is 1. The van der Waals surface area contributed by atoms with Crippen molar-refractivity contribution in [3.8, 4) is 6.07 Å². The van der Waals surface area contributed by atoms with Crippen LogP contribution in [0, 0.1) is 18.3 Å². The van der Waals surface area contributed by atoms with Crippen molar-refractivity contribution in [3.05, 3.63) is 50.1 Å². The Balaban J connectivity index is 2.13. The van der Waals surface area contributed by atoms with E-state index < -0.39 is 10.0 Å². The van der Waals surface area contributed by atoms with Gasteiger partial charge in [0, 0.05) is 11.4 Å². The van der Waals surface area contributed by atoms with Crippen LogP contribution in [0.3, 0.4) is 0 Å². The zero-order valence-corrected chi connectivity index (χ0v) is 13.8. The van der Waals surface area contributed by atoms with Crippen molar-refractivity contribution in [2.45, 2.75) is 18.4 Å². The molecule has 0 aliphatic rings. The minimum Gasteiger partial charge on any atom is -0.207 e. The molecule has 0 spiro atoms. The van der Waals surface area contributed by atoms with Gasteiger partial charge >= 0.3 is 0 Å². The number of hydrogen-bond donors (Lipinski definition) is 1. The van der Waals surface area contributed by atoms with E-state index in [4.69, 9.17) is 5.26 Å². The molecule has 7 heteroatoms. The smallest absolute Gasteiger partial charge is 0.207 e. The van der Waals surface area contributed by atoms with Gasteiger partial charge in [-0.1, -0.05) is 12.1 Å². The first-order valence-corrected chi connectivity index (χ1v) is 8.76. The van der Waals surface area contributed by atoms with Gasteiger partial charge in [0.1, 0.15) is 0 Å². The molecule has 0 amide bonds. The number of nitrogens with zero attached hydrogens (tertiary/aromatic N) is 1. The Bertz CT molecular complexity index is 759. The van der Waals surface area contributed by atoms with Gasteiger partial charge in [-0.2, -0.15) is 5.26 Å². The minimum absolute atomic E-state index is 0.195. The minimum atomic E-state index is -3.52. The van der Waals surface area contributed by atoms with Gasteiger partial charge in [0.05, 0.1) is 20.3 Å². The van der Waals surface area contributed by atoms with Crippen molar-refractivity contribution < 1.29 is 8.42 Å². The highest BCUT2D eigenvalue weighted by Gasteiger charge is 2.19. The highest BCUT2D eigenvalue weighted by Crippen LogP contribution is 2.29. The number of nitrogens with one attached hydrogen (secondary N) is 1. The van der Waals surface area contributed by atoms with Gasteiger partial charge in [0.2, 0.25) is 10.0 Å². The summed E-state index contributed by atoms with van der Waals surface area (Å²) >= 11 is 4.67. The fourth-order valence-corrected chi connectivity index (χ4v) is 5.08. The standard InChI is InChI=1S/C13H11BrN2O2S2/c1-9-12(6-13(14)19-9)20(17,18)16-8-11-4-2-10(7-15)3-5-11/h2-6,16H,8H2,1H3. The van der Waals surface area contributed by atoms with Crippen LogP contribution in [0.5, 0.6) is 0 Å². The van der Waals surface area contributed by atoms with Crippen LogP contribution in [0.15, 0.2) is 39.0 Å². The first-order chi connectivity index (χ1) is 9.42. The first kappa shape index (κ1) is 15.2. The molecule has 0 bridgehead atoms. The van der Waals surface area contributed by atoms with E-state index >= 15 is 0 Å². The van der Waals surface area contributed by atoms with E-state index in [-0.39, 0.29) is 6.54 Å². The molecule has 0 aliphatic carbocycles. The summed E-state index contributed by atoms with van der Waals surface area (Å²) in [5.74, 6) is 0. The van der Waals surface area contributed by atoms with Crippen LogP contribution >= 0.6 is 27.3 Å². The maximum atomic E-state index is 12.2. The molecule has 0 atom stereocenters. The Labute approximate surface area is 130 Å². The third-order valence-corrected chi connectivity index (χ3v) is 5.89. The SMILES string of the molecule is Cc1sc(Br)cc1S(=O)(=O)NCc1ccc(C#N)cc1. The molecular weight excluding hydrogens is 360 g/mol. The zero-order valence-electron chi connectivity index (χ0n) is 10.6. The molecule has 104 valence electrons. The van der Waals surface area contributed by atoms with E-state index in [1.807, 2.05) is 6.07 Å². The molecular formula is C13H11BrN2O2S2. The Morgan fingerprint density at radius 2 is 2.00 bits per heavy atom. The van der Waals surface area contributed by atoms with Gasteiger partial charge in [-0.15, -0.1) is 11.3 Å². The first-order valence-electron chi connectivity index (χ1n) is 5.67. The largest absolute Gasteiger partial charge is 0.242 e. The average Bonchev–Trinajstić information content (AvgIpc) is 2.77. The summed E-state index contributed by atoms with van der Waals surface area (Å²) in [7, 11) is -3.52. The van der Waals surface area contributed by atoms with Gasteiger partial charge in [-0.05, 0) is 46.6 Å². The van der Waals surface area contributed by atoms with E-state index in [9.17, 15) is 8.42 Å². The number of halogens is 1. The predicted octanol–water partition coefficient (Wildman–Crippen LogP) is 3.17. The molecule has 0 saturated carbocycles. The quantitative estimate of drug-likeness (QED) is 0.898. The molecule has 1 N–H and O–H groups in total. The van der Waals surface area contributed by atoms with E-state index in [2.05, 4.69) is 20.7 Å². The topological polar surface area (TPSA) is 70.0 Å². The summed E-state index contributed by atoms with van der Waals surface area (Å²) in [5, 5.41) is 8.70. The van der Waals surface area contributed by atoms with Crippen molar-refractivity contribution in [3.63, 3.8) is 0 Å². The normalized spacial score (nSPS) is 11.2. The van der Waals surface area contributed by atoms with Gasteiger partial charge in [0.15, 0.2) is 0 Å². The second-order valence-electron chi connectivity index (χ2n) is 4.10. The number of sulfonamides is 1. The molecule has 0 unspecified atom stereocenters. The summed E-state index contributed by atoms with van der Waals surface area (Å²) < 4.78 is 27.7. The van der Waals surface area contributed by atoms with Gasteiger partial charge in [-0.25, -0.2) is 13.1 Å². The number of hydrogen-bond acceptors (Lipinski definition) is 4. The molecule has 0 radical (unpaired) electrons. The Morgan fingerprint density at radius 3 is 2.50 bits per heavy atom. The molecule has 4 nitrogen and oxygen atoms in total. The highest BCUT2D eigenvalue weighted by atomic mass is 79.9. The monoisotopic (exact) mass is 370 g/mol. The molecule has 1 aromatic heterocycles. The summed E-state index contributed by atoms with van der Waals surface area (Å²) in [4.78, 5) is 1.03. The van der Waals surface area contributed by atoms with Crippen LogP contribution in [-0.4, -0.2) is 8.42 Å². The van der Waals surface area contributed by atoms with E-state index in [1.54, 1.807) is 37.3 Å². The van der Waals surface area contributed by atoms with Crippen molar-refractivity contribution in [1.29, 1.82) is 5.26 Å². The molecule has 0 fully saturated rings. The number of rotatable bonds is 4. The molecule has 0 aliphatic heterocycles. The van der Waals surface area contributed by atoms with Crippen molar-refractivity contribution in [1.82, 2.24) is 4.72 Å². The lowest BCUT2D eigenvalue weighted by molar-refractivity contribution is 0.581. The third-order valence-electron chi connectivity index (χ3n) is 2.68. The highest BCUT2D eigenvalue weighted by molar-refractivity contribution is 9.11. The van der Waals surface area contributed by atoms with Crippen LogP contribution < -0.4 is 4.72 Å². The van der Waals surface area contributed by atoms with Crippen molar-refractivity contribution >= 4 is 37.3 Å². The predicted molar refractivity (Wildman–Crippen MR) is 81.9 cm³/mol. The molecule has 1 aromatic carbocycles. The lowest BCUT2D eigenvalue weighted by Gasteiger charge is -2.06. The molecule has 0 saturated heterocycles. The zero-order chi connectivity index (χ0) is 14.8. The van der Waals surface area contributed by atoms with Crippen LogP contribution in [-0.2, 0) is 16.6 Å².